The normalized spacial score (nSPS) is 19.9. The van der Waals surface area contributed by atoms with Gasteiger partial charge in [-0.05, 0) is 68.5 Å². The Morgan fingerprint density at radius 2 is 1.75 bits per heavy atom. The number of nitrogens with zero attached hydrogens (tertiary/aromatic N) is 2. The molecule has 1 aromatic heterocycles. The van der Waals surface area contributed by atoms with Crippen LogP contribution in [0.4, 0.5) is 6.01 Å². The Labute approximate surface area is 119 Å². The quantitative estimate of drug-likeness (QED) is 0.865. The smallest absolute Gasteiger partial charge is 0.298 e. The van der Waals surface area contributed by atoms with Crippen LogP contribution < -0.4 is 10.2 Å². The Hall–Kier alpha value is -1.55. The van der Waals surface area contributed by atoms with E-state index in [0.29, 0.717) is 0 Å². The first-order valence-corrected chi connectivity index (χ1v) is 7.78. The van der Waals surface area contributed by atoms with Crippen LogP contribution in [0.1, 0.15) is 30.4 Å². The van der Waals surface area contributed by atoms with Crippen molar-refractivity contribution in [2.45, 2.75) is 32.1 Å². The van der Waals surface area contributed by atoms with E-state index in [1.807, 2.05) is 0 Å². The average Bonchev–Trinajstić information content (AvgIpc) is 2.76. The Morgan fingerprint density at radius 1 is 1.00 bits per heavy atom. The zero-order valence-corrected chi connectivity index (χ0v) is 11.8. The molecule has 4 rings (SSSR count). The van der Waals surface area contributed by atoms with Crippen LogP contribution in [0.5, 0.6) is 0 Å². The summed E-state index contributed by atoms with van der Waals surface area (Å²) in [6, 6.07) is 5.25. The zero-order valence-electron chi connectivity index (χ0n) is 11.8. The molecule has 0 unspecified atom stereocenters. The first kappa shape index (κ1) is 12.2. The van der Waals surface area contributed by atoms with E-state index in [1.54, 1.807) is 0 Å². The number of nitrogens with one attached hydrogen (secondary N) is 1. The Morgan fingerprint density at radius 3 is 2.55 bits per heavy atom. The van der Waals surface area contributed by atoms with Gasteiger partial charge in [0.05, 0.1) is 0 Å². The van der Waals surface area contributed by atoms with Crippen molar-refractivity contribution < 1.29 is 4.42 Å². The standard InChI is InChI=1S/C16H21N3O/c1-2-8-19(9-3-1)16-18-14-10-12-4-6-17-7-5-13(12)11-15(14)20-16/h10-11,17H,1-9H2. The molecule has 0 amide bonds. The monoisotopic (exact) mass is 271 g/mol. The van der Waals surface area contributed by atoms with Gasteiger partial charge in [-0.1, -0.05) is 0 Å². The summed E-state index contributed by atoms with van der Waals surface area (Å²) >= 11 is 0. The van der Waals surface area contributed by atoms with Gasteiger partial charge in [0.1, 0.15) is 5.52 Å². The second kappa shape index (κ2) is 5.09. The highest BCUT2D eigenvalue weighted by molar-refractivity contribution is 5.77. The molecule has 0 saturated carbocycles. The molecule has 0 radical (unpaired) electrons. The van der Waals surface area contributed by atoms with Crippen molar-refractivity contribution in [3.8, 4) is 0 Å². The van der Waals surface area contributed by atoms with Gasteiger partial charge in [-0.2, -0.15) is 4.98 Å². The lowest BCUT2D eigenvalue weighted by Crippen LogP contribution is -2.29. The first-order chi connectivity index (χ1) is 9.90. The molecule has 1 N–H and O–H groups in total. The van der Waals surface area contributed by atoms with Gasteiger partial charge in [-0.3, -0.25) is 0 Å². The lowest BCUT2D eigenvalue weighted by atomic mass is 10.0. The van der Waals surface area contributed by atoms with Crippen molar-refractivity contribution in [1.82, 2.24) is 10.3 Å². The lowest BCUT2D eigenvalue weighted by Gasteiger charge is -2.24. The summed E-state index contributed by atoms with van der Waals surface area (Å²) in [5.41, 5.74) is 4.82. The molecule has 106 valence electrons. The molecule has 3 heterocycles. The Bertz CT molecular complexity index is 570. The van der Waals surface area contributed by atoms with Gasteiger partial charge in [-0.25, -0.2) is 0 Å². The SMILES string of the molecule is c1c2c(cc3oc(N4CCCCC4)nc13)CCNCC2. The lowest BCUT2D eigenvalue weighted by molar-refractivity contribution is 0.509. The number of aromatic nitrogens is 1. The highest BCUT2D eigenvalue weighted by atomic mass is 16.4. The molecule has 2 aromatic rings. The molecular formula is C16H21N3O. The maximum atomic E-state index is 6.01. The van der Waals surface area contributed by atoms with E-state index in [0.717, 1.165) is 56.1 Å². The van der Waals surface area contributed by atoms with Crippen molar-refractivity contribution in [2.24, 2.45) is 0 Å². The maximum Gasteiger partial charge on any atom is 0.298 e. The molecule has 0 bridgehead atoms. The molecule has 2 aliphatic heterocycles. The zero-order chi connectivity index (χ0) is 13.4. The second-order valence-electron chi connectivity index (χ2n) is 5.88. The van der Waals surface area contributed by atoms with Crippen molar-refractivity contribution in [3.05, 3.63) is 23.3 Å². The highest BCUT2D eigenvalue weighted by Crippen LogP contribution is 2.27. The van der Waals surface area contributed by atoms with Gasteiger partial charge < -0.3 is 14.6 Å². The number of fused-ring (bicyclic) bond motifs is 2. The molecule has 0 aliphatic carbocycles. The first-order valence-electron chi connectivity index (χ1n) is 7.78. The number of anilines is 1. The predicted octanol–water partition coefficient (Wildman–Crippen LogP) is 2.51. The summed E-state index contributed by atoms with van der Waals surface area (Å²) < 4.78 is 6.01. The Kier molecular flexibility index (Phi) is 3.11. The minimum atomic E-state index is 0.818. The average molecular weight is 271 g/mol. The van der Waals surface area contributed by atoms with E-state index < -0.39 is 0 Å². The molecule has 0 spiro atoms. The fourth-order valence-corrected chi connectivity index (χ4v) is 3.30. The molecule has 0 atom stereocenters. The fourth-order valence-electron chi connectivity index (χ4n) is 3.30. The third-order valence-electron chi connectivity index (χ3n) is 4.47. The van der Waals surface area contributed by atoms with Crippen LogP contribution in [0.25, 0.3) is 11.1 Å². The van der Waals surface area contributed by atoms with Gasteiger partial charge >= 0.3 is 0 Å². The van der Waals surface area contributed by atoms with Crippen LogP contribution in [0.2, 0.25) is 0 Å². The van der Waals surface area contributed by atoms with Gasteiger partial charge in [-0.15, -0.1) is 0 Å². The minimum absolute atomic E-state index is 0.818. The summed E-state index contributed by atoms with van der Waals surface area (Å²) in [6.07, 6.45) is 6.02. The molecule has 1 aromatic carbocycles. The minimum Gasteiger partial charge on any atom is -0.423 e. The van der Waals surface area contributed by atoms with Gasteiger partial charge in [0.25, 0.3) is 6.01 Å². The van der Waals surface area contributed by atoms with Gasteiger partial charge in [0.15, 0.2) is 5.58 Å². The van der Waals surface area contributed by atoms with E-state index >= 15 is 0 Å². The van der Waals surface area contributed by atoms with E-state index in [1.165, 1.54) is 30.4 Å². The highest BCUT2D eigenvalue weighted by Gasteiger charge is 2.18. The van der Waals surface area contributed by atoms with Crippen LogP contribution in [-0.4, -0.2) is 31.2 Å². The number of hydrogen-bond acceptors (Lipinski definition) is 4. The van der Waals surface area contributed by atoms with Crippen molar-refractivity contribution in [2.75, 3.05) is 31.1 Å². The number of rotatable bonds is 1. The van der Waals surface area contributed by atoms with Gasteiger partial charge in [0, 0.05) is 13.1 Å². The summed E-state index contributed by atoms with van der Waals surface area (Å²) in [4.78, 5) is 7.00. The molecule has 2 aliphatic rings. The second-order valence-corrected chi connectivity index (χ2v) is 5.88. The predicted molar refractivity (Wildman–Crippen MR) is 80.4 cm³/mol. The van der Waals surface area contributed by atoms with E-state index in [4.69, 9.17) is 9.40 Å². The van der Waals surface area contributed by atoms with Crippen LogP contribution >= 0.6 is 0 Å². The van der Waals surface area contributed by atoms with Crippen LogP contribution in [-0.2, 0) is 12.8 Å². The summed E-state index contributed by atoms with van der Waals surface area (Å²) in [5.74, 6) is 0. The topological polar surface area (TPSA) is 41.3 Å². The molecule has 4 nitrogen and oxygen atoms in total. The molecular weight excluding hydrogens is 250 g/mol. The van der Waals surface area contributed by atoms with Crippen LogP contribution in [0.3, 0.4) is 0 Å². The van der Waals surface area contributed by atoms with Crippen molar-refractivity contribution in [1.29, 1.82) is 0 Å². The Balaban J connectivity index is 1.72. The molecule has 1 saturated heterocycles. The van der Waals surface area contributed by atoms with Crippen molar-refractivity contribution in [3.63, 3.8) is 0 Å². The third kappa shape index (κ3) is 2.18. The molecule has 20 heavy (non-hydrogen) atoms. The number of oxazole rings is 1. The third-order valence-corrected chi connectivity index (χ3v) is 4.47. The number of benzene rings is 1. The van der Waals surface area contributed by atoms with Crippen LogP contribution in [0.15, 0.2) is 16.5 Å². The maximum absolute atomic E-state index is 6.01. The fraction of sp³-hybridized carbons (Fsp3) is 0.562. The van der Waals surface area contributed by atoms with Gasteiger partial charge in [0.2, 0.25) is 0 Å². The number of hydrogen-bond donors (Lipinski definition) is 1. The molecule has 1 fully saturated rings. The van der Waals surface area contributed by atoms with E-state index in [2.05, 4.69) is 22.3 Å². The summed E-state index contributed by atoms with van der Waals surface area (Å²) in [6.45, 7) is 4.29. The largest absolute Gasteiger partial charge is 0.423 e. The van der Waals surface area contributed by atoms with E-state index in [-0.39, 0.29) is 0 Å². The molecule has 4 heteroatoms. The van der Waals surface area contributed by atoms with E-state index in [9.17, 15) is 0 Å². The van der Waals surface area contributed by atoms with Crippen molar-refractivity contribution >= 4 is 17.1 Å². The summed E-state index contributed by atoms with van der Waals surface area (Å²) in [7, 11) is 0. The summed E-state index contributed by atoms with van der Waals surface area (Å²) in [5, 5.41) is 3.44. The number of piperidine rings is 1. The van der Waals surface area contributed by atoms with Crippen LogP contribution in [0, 0.1) is 0 Å².